The quantitative estimate of drug-likeness (QED) is 0.299. The Morgan fingerprint density at radius 2 is 1.54 bits per heavy atom. The van der Waals surface area contributed by atoms with E-state index in [0.29, 0.717) is 31.6 Å². The van der Waals surface area contributed by atoms with Gasteiger partial charge in [-0.05, 0) is 24.3 Å². The predicted octanol–water partition coefficient (Wildman–Crippen LogP) is 5.95. The Kier molecular flexibility index (Phi) is 7.70. The summed E-state index contributed by atoms with van der Waals surface area (Å²) in [5.74, 6) is 0. The van der Waals surface area contributed by atoms with E-state index in [1.165, 1.54) is 0 Å². The zero-order valence-corrected chi connectivity index (χ0v) is 16.1. The second kappa shape index (κ2) is 10.2. The smallest absolute Gasteiger partial charge is 0.272 e. The summed E-state index contributed by atoms with van der Waals surface area (Å²) in [4.78, 5) is 12.2. The summed E-state index contributed by atoms with van der Waals surface area (Å²) in [5, 5.41) is 36.5. The van der Waals surface area contributed by atoms with E-state index in [2.05, 4.69) is 22.4 Å². The molecule has 0 saturated heterocycles. The fourth-order valence-corrected chi connectivity index (χ4v) is 2.88. The topological polar surface area (TPSA) is 119 Å². The van der Waals surface area contributed by atoms with Gasteiger partial charge in [-0.3, -0.25) is 10.1 Å². The third-order valence-electron chi connectivity index (χ3n) is 3.68. The Bertz CT molecular complexity index is 923. The van der Waals surface area contributed by atoms with Gasteiger partial charge in [-0.2, -0.15) is 15.6 Å². The summed E-state index contributed by atoms with van der Waals surface area (Å²) >= 11 is 12.0. The van der Waals surface area contributed by atoms with Gasteiger partial charge in [0.2, 0.25) is 0 Å². The van der Waals surface area contributed by atoms with Gasteiger partial charge in [-0.1, -0.05) is 23.2 Å². The van der Waals surface area contributed by atoms with Crippen molar-refractivity contribution >= 4 is 46.0 Å². The molecule has 0 bridgehead atoms. The Morgan fingerprint density at radius 3 is 2.00 bits per heavy atom. The molecule has 0 atom stereocenters. The molecule has 28 heavy (non-hydrogen) atoms. The molecule has 8 nitrogen and oxygen atoms in total. The lowest BCUT2D eigenvalue weighted by Gasteiger charge is -2.22. The van der Waals surface area contributed by atoms with Crippen molar-refractivity contribution in [3.05, 3.63) is 56.6 Å². The molecule has 0 spiro atoms. The summed E-state index contributed by atoms with van der Waals surface area (Å²) in [7, 11) is 0. The first kappa shape index (κ1) is 21.1. The number of nitro groups is 1. The minimum absolute atomic E-state index is 0.0266. The van der Waals surface area contributed by atoms with Crippen LogP contribution in [-0.4, -0.2) is 18.0 Å². The Labute approximate surface area is 171 Å². The van der Waals surface area contributed by atoms with E-state index in [9.17, 15) is 10.1 Å². The van der Waals surface area contributed by atoms with Gasteiger partial charge < -0.3 is 4.90 Å². The standard InChI is InChI=1S/C18H14Cl2N6O2/c19-16-11-15(26(27)28)12-17(20)18(16)24-23-13-3-5-14(6-4-13)25(9-1-7-21)10-2-8-22/h3-6,11-12H,1-2,9-10H2. The third-order valence-corrected chi connectivity index (χ3v) is 4.26. The molecule has 2 aromatic carbocycles. The third kappa shape index (κ3) is 5.65. The summed E-state index contributed by atoms with van der Waals surface area (Å²) < 4.78 is 0. The average molecular weight is 417 g/mol. The van der Waals surface area contributed by atoms with Crippen LogP contribution in [0.3, 0.4) is 0 Å². The molecule has 0 N–H and O–H groups in total. The molecule has 2 rings (SSSR count). The number of nitriles is 2. The largest absolute Gasteiger partial charge is 0.369 e. The van der Waals surface area contributed by atoms with Crippen LogP contribution in [0.15, 0.2) is 46.6 Å². The number of rotatable bonds is 8. The molecule has 0 aromatic heterocycles. The fourth-order valence-electron chi connectivity index (χ4n) is 2.33. The van der Waals surface area contributed by atoms with Crippen molar-refractivity contribution in [1.29, 1.82) is 10.5 Å². The first-order valence-electron chi connectivity index (χ1n) is 8.10. The van der Waals surface area contributed by atoms with Crippen LogP contribution in [0.1, 0.15) is 12.8 Å². The van der Waals surface area contributed by atoms with Crippen LogP contribution in [0, 0.1) is 32.8 Å². The zero-order chi connectivity index (χ0) is 20.5. The zero-order valence-electron chi connectivity index (χ0n) is 14.5. The second-order valence-corrected chi connectivity index (χ2v) is 6.35. The molecule has 142 valence electrons. The predicted molar refractivity (Wildman–Crippen MR) is 106 cm³/mol. The summed E-state index contributed by atoms with van der Waals surface area (Å²) in [6, 6.07) is 13.6. The number of halogens is 2. The van der Waals surface area contributed by atoms with E-state index in [1.807, 2.05) is 17.0 Å². The average Bonchev–Trinajstić information content (AvgIpc) is 2.68. The van der Waals surface area contributed by atoms with Crippen LogP contribution in [0.2, 0.25) is 10.0 Å². The number of azo groups is 1. The van der Waals surface area contributed by atoms with Crippen LogP contribution in [0.25, 0.3) is 0 Å². The SMILES string of the molecule is N#CCCN(CCC#N)c1ccc(N=Nc2c(Cl)cc([N+](=O)[O-])cc2Cl)cc1. The summed E-state index contributed by atoms with van der Waals surface area (Å²) in [6.07, 6.45) is 0.702. The van der Waals surface area contributed by atoms with E-state index in [-0.39, 0.29) is 21.4 Å². The first-order chi connectivity index (χ1) is 13.5. The van der Waals surface area contributed by atoms with E-state index in [4.69, 9.17) is 33.7 Å². The highest BCUT2D eigenvalue weighted by atomic mass is 35.5. The van der Waals surface area contributed by atoms with E-state index >= 15 is 0 Å². The molecule has 0 saturated carbocycles. The normalized spacial score (nSPS) is 10.4. The van der Waals surface area contributed by atoms with Crippen molar-refractivity contribution in [2.75, 3.05) is 18.0 Å². The van der Waals surface area contributed by atoms with Crippen LogP contribution in [0.5, 0.6) is 0 Å². The van der Waals surface area contributed by atoms with Crippen LogP contribution < -0.4 is 4.90 Å². The monoisotopic (exact) mass is 416 g/mol. The van der Waals surface area contributed by atoms with Gasteiger partial charge in [0.25, 0.3) is 5.69 Å². The lowest BCUT2D eigenvalue weighted by molar-refractivity contribution is -0.384. The van der Waals surface area contributed by atoms with E-state index < -0.39 is 4.92 Å². The molecule has 0 aliphatic rings. The molecular weight excluding hydrogens is 403 g/mol. The van der Waals surface area contributed by atoms with Gasteiger partial charge in [0.1, 0.15) is 5.69 Å². The van der Waals surface area contributed by atoms with Gasteiger partial charge >= 0.3 is 0 Å². The Balaban J connectivity index is 2.19. The molecule has 0 amide bonds. The number of non-ortho nitro benzene ring substituents is 1. The fraction of sp³-hybridized carbons (Fsp3) is 0.222. The van der Waals surface area contributed by atoms with Gasteiger partial charge in [0, 0.05) is 30.9 Å². The molecule has 0 unspecified atom stereocenters. The Morgan fingerprint density at radius 1 is 1.00 bits per heavy atom. The number of benzene rings is 2. The van der Waals surface area contributed by atoms with Crippen molar-refractivity contribution in [3.63, 3.8) is 0 Å². The van der Waals surface area contributed by atoms with Crippen LogP contribution >= 0.6 is 23.2 Å². The lowest BCUT2D eigenvalue weighted by Crippen LogP contribution is -2.25. The van der Waals surface area contributed by atoms with Crippen LogP contribution in [0.4, 0.5) is 22.7 Å². The van der Waals surface area contributed by atoms with Gasteiger partial charge in [0.05, 0.1) is 45.6 Å². The van der Waals surface area contributed by atoms with E-state index in [0.717, 1.165) is 17.8 Å². The Hall–Kier alpha value is -3.20. The highest BCUT2D eigenvalue weighted by Gasteiger charge is 2.14. The van der Waals surface area contributed by atoms with Gasteiger partial charge in [-0.15, -0.1) is 5.11 Å². The van der Waals surface area contributed by atoms with Gasteiger partial charge in [-0.25, -0.2) is 0 Å². The maximum absolute atomic E-state index is 10.8. The highest BCUT2D eigenvalue weighted by molar-refractivity contribution is 6.39. The minimum atomic E-state index is -0.595. The molecule has 10 heteroatoms. The molecule has 0 fully saturated rings. The molecular formula is C18H14Cl2N6O2. The minimum Gasteiger partial charge on any atom is -0.369 e. The maximum Gasteiger partial charge on any atom is 0.272 e. The number of nitrogens with zero attached hydrogens (tertiary/aromatic N) is 6. The molecule has 0 aliphatic carbocycles. The van der Waals surface area contributed by atoms with Crippen molar-refractivity contribution in [3.8, 4) is 12.1 Å². The molecule has 0 radical (unpaired) electrons. The van der Waals surface area contributed by atoms with Crippen molar-refractivity contribution < 1.29 is 4.92 Å². The van der Waals surface area contributed by atoms with Gasteiger partial charge in [0.15, 0.2) is 0 Å². The number of hydrogen-bond acceptors (Lipinski definition) is 7. The second-order valence-electron chi connectivity index (χ2n) is 5.53. The molecule has 0 aliphatic heterocycles. The molecule has 2 aromatic rings. The number of anilines is 1. The lowest BCUT2D eigenvalue weighted by atomic mass is 10.2. The van der Waals surface area contributed by atoms with Crippen LogP contribution in [-0.2, 0) is 0 Å². The number of nitro benzene ring substituents is 1. The van der Waals surface area contributed by atoms with E-state index in [1.54, 1.807) is 12.1 Å². The highest BCUT2D eigenvalue weighted by Crippen LogP contribution is 2.37. The van der Waals surface area contributed by atoms with Crippen molar-refractivity contribution in [2.24, 2.45) is 10.2 Å². The first-order valence-corrected chi connectivity index (χ1v) is 8.86. The molecule has 0 heterocycles. The maximum atomic E-state index is 10.8. The summed E-state index contributed by atoms with van der Waals surface area (Å²) in [6.45, 7) is 1.04. The number of hydrogen-bond donors (Lipinski definition) is 0. The summed E-state index contributed by atoms with van der Waals surface area (Å²) in [5.41, 5.74) is 1.29. The van der Waals surface area contributed by atoms with Crippen molar-refractivity contribution in [1.82, 2.24) is 0 Å². The van der Waals surface area contributed by atoms with Crippen molar-refractivity contribution in [2.45, 2.75) is 12.8 Å².